The smallest absolute Gasteiger partial charge is 0.225 e. The van der Waals surface area contributed by atoms with Crippen molar-refractivity contribution in [3.63, 3.8) is 0 Å². The van der Waals surface area contributed by atoms with E-state index in [1.807, 2.05) is 11.8 Å². The molecule has 0 unspecified atom stereocenters. The molecule has 1 N–H and O–H groups in total. The number of likely N-dealkylation sites (tertiary alicyclic amines) is 1. The van der Waals surface area contributed by atoms with E-state index in [9.17, 15) is 9.59 Å². The molecule has 1 saturated carbocycles. The molecule has 1 aliphatic carbocycles. The van der Waals surface area contributed by atoms with E-state index in [1.165, 1.54) is 0 Å². The number of ether oxygens (including phenoxy) is 1. The summed E-state index contributed by atoms with van der Waals surface area (Å²) in [4.78, 5) is 35.2. The van der Waals surface area contributed by atoms with Crippen molar-refractivity contribution in [3.8, 4) is 0 Å². The number of aromatic nitrogens is 2. The Morgan fingerprint density at radius 1 is 1.23 bits per heavy atom. The molecule has 0 bridgehead atoms. The van der Waals surface area contributed by atoms with Gasteiger partial charge < -0.3 is 15.0 Å². The van der Waals surface area contributed by atoms with Crippen LogP contribution in [0.15, 0.2) is 12.4 Å². The van der Waals surface area contributed by atoms with Gasteiger partial charge in [0.1, 0.15) is 0 Å². The van der Waals surface area contributed by atoms with Crippen LogP contribution in [0.3, 0.4) is 0 Å². The SMILES string of the molecule is Cc1cnc(CNC(=O)C[C@@H]2COC[C@H]3CN(C(=O)C4CC4)C[C@@H]23)cn1. The van der Waals surface area contributed by atoms with E-state index < -0.39 is 0 Å². The maximum absolute atomic E-state index is 12.4. The van der Waals surface area contributed by atoms with E-state index in [0.717, 1.165) is 37.3 Å². The second-order valence-corrected chi connectivity index (χ2v) is 7.87. The van der Waals surface area contributed by atoms with Gasteiger partial charge in [-0.2, -0.15) is 0 Å². The highest BCUT2D eigenvalue weighted by Crippen LogP contribution is 2.39. The molecule has 2 saturated heterocycles. The number of nitrogens with one attached hydrogen (secondary N) is 1. The normalized spacial score (nSPS) is 27.9. The Bertz CT molecular complexity index is 674. The first-order chi connectivity index (χ1) is 12.6. The van der Waals surface area contributed by atoms with Crippen molar-refractivity contribution < 1.29 is 14.3 Å². The van der Waals surface area contributed by atoms with E-state index in [1.54, 1.807) is 12.4 Å². The summed E-state index contributed by atoms with van der Waals surface area (Å²) in [5.74, 6) is 1.49. The minimum absolute atomic E-state index is 0.00796. The summed E-state index contributed by atoms with van der Waals surface area (Å²) in [6.07, 6.45) is 5.90. The lowest BCUT2D eigenvalue weighted by Crippen LogP contribution is -2.38. The van der Waals surface area contributed by atoms with Crippen LogP contribution in [0.1, 0.15) is 30.7 Å². The van der Waals surface area contributed by atoms with Crippen LogP contribution in [0.25, 0.3) is 0 Å². The Morgan fingerprint density at radius 3 is 2.81 bits per heavy atom. The first kappa shape index (κ1) is 17.4. The lowest BCUT2D eigenvalue weighted by Gasteiger charge is -2.32. The van der Waals surface area contributed by atoms with Gasteiger partial charge in [0.15, 0.2) is 0 Å². The number of carbonyl (C=O) groups excluding carboxylic acids is 2. The molecule has 2 aliphatic heterocycles. The molecule has 1 aromatic rings. The monoisotopic (exact) mass is 358 g/mol. The molecule has 2 amide bonds. The zero-order valence-electron chi connectivity index (χ0n) is 15.2. The van der Waals surface area contributed by atoms with Gasteiger partial charge in [-0.1, -0.05) is 0 Å². The van der Waals surface area contributed by atoms with Crippen LogP contribution in [0.4, 0.5) is 0 Å². The number of hydrogen-bond acceptors (Lipinski definition) is 5. The van der Waals surface area contributed by atoms with Crippen molar-refractivity contribution in [1.82, 2.24) is 20.2 Å². The van der Waals surface area contributed by atoms with Crippen LogP contribution in [0, 0.1) is 30.6 Å². The minimum atomic E-state index is 0.00796. The van der Waals surface area contributed by atoms with Gasteiger partial charge in [0.2, 0.25) is 11.8 Å². The molecule has 0 aromatic carbocycles. The third-order valence-electron chi connectivity index (χ3n) is 5.75. The molecule has 3 fully saturated rings. The topological polar surface area (TPSA) is 84.4 Å². The highest BCUT2D eigenvalue weighted by molar-refractivity contribution is 5.81. The van der Waals surface area contributed by atoms with Crippen LogP contribution in [-0.4, -0.2) is 53.0 Å². The van der Waals surface area contributed by atoms with E-state index in [2.05, 4.69) is 15.3 Å². The Labute approximate surface area is 153 Å². The fraction of sp³-hybridized carbons (Fsp3) is 0.684. The number of nitrogens with zero attached hydrogens (tertiary/aromatic N) is 3. The van der Waals surface area contributed by atoms with Crippen molar-refractivity contribution in [2.24, 2.45) is 23.7 Å². The maximum Gasteiger partial charge on any atom is 0.225 e. The average molecular weight is 358 g/mol. The van der Waals surface area contributed by atoms with Crippen molar-refractivity contribution in [3.05, 3.63) is 23.8 Å². The van der Waals surface area contributed by atoms with Crippen molar-refractivity contribution >= 4 is 11.8 Å². The lowest BCUT2D eigenvalue weighted by atomic mass is 9.81. The molecule has 3 heterocycles. The first-order valence-corrected chi connectivity index (χ1v) is 9.51. The van der Waals surface area contributed by atoms with Gasteiger partial charge in [-0.15, -0.1) is 0 Å². The fourth-order valence-electron chi connectivity index (χ4n) is 4.09. The van der Waals surface area contributed by atoms with Crippen molar-refractivity contribution in [2.45, 2.75) is 32.7 Å². The van der Waals surface area contributed by atoms with Crippen molar-refractivity contribution in [2.75, 3.05) is 26.3 Å². The zero-order valence-corrected chi connectivity index (χ0v) is 15.2. The van der Waals surface area contributed by atoms with E-state index >= 15 is 0 Å². The van der Waals surface area contributed by atoms with E-state index in [0.29, 0.717) is 43.9 Å². The largest absolute Gasteiger partial charge is 0.381 e. The number of carbonyl (C=O) groups is 2. The molecule has 7 nitrogen and oxygen atoms in total. The predicted octanol–water partition coefficient (Wildman–Crippen LogP) is 0.922. The third kappa shape index (κ3) is 3.87. The second kappa shape index (κ2) is 7.31. The number of aryl methyl sites for hydroxylation is 1. The Balaban J connectivity index is 1.30. The molecule has 3 atom stereocenters. The summed E-state index contributed by atoms with van der Waals surface area (Å²) in [6, 6.07) is 0. The van der Waals surface area contributed by atoms with Crippen molar-refractivity contribution in [1.29, 1.82) is 0 Å². The number of hydrogen-bond donors (Lipinski definition) is 1. The Kier molecular flexibility index (Phi) is 4.89. The summed E-state index contributed by atoms with van der Waals surface area (Å²) in [6.45, 7) is 5.15. The summed E-state index contributed by atoms with van der Waals surface area (Å²) in [7, 11) is 0. The highest BCUT2D eigenvalue weighted by atomic mass is 16.5. The summed E-state index contributed by atoms with van der Waals surface area (Å²) in [5, 5.41) is 2.93. The van der Waals surface area contributed by atoms with Gasteiger partial charge in [0, 0.05) is 37.5 Å². The van der Waals surface area contributed by atoms with Crippen LogP contribution >= 0.6 is 0 Å². The minimum Gasteiger partial charge on any atom is -0.381 e. The molecule has 0 spiro atoms. The maximum atomic E-state index is 12.4. The first-order valence-electron chi connectivity index (χ1n) is 9.51. The van der Waals surface area contributed by atoms with E-state index in [4.69, 9.17) is 4.74 Å². The quantitative estimate of drug-likeness (QED) is 0.846. The number of fused-ring (bicyclic) bond motifs is 1. The number of rotatable bonds is 5. The molecule has 3 aliphatic rings. The van der Waals surface area contributed by atoms with Gasteiger partial charge in [0.25, 0.3) is 0 Å². The van der Waals surface area contributed by atoms with Crippen LogP contribution in [0.5, 0.6) is 0 Å². The molecule has 0 radical (unpaired) electrons. The molecular weight excluding hydrogens is 332 g/mol. The van der Waals surface area contributed by atoms with Crippen LogP contribution in [0.2, 0.25) is 0 Å². The molecule has 140 valence electrons. The van der Waals surface area contributed by atoms with Gasteiger partial charge in [-0.3, -0.25) is 19.6 Å². The second-order valence-electron chi connectivity index (χ2n) is 7.87. The van der Waals surface area contributed by atoms with Gasteiger partial charge in [0.05, 0.1) is 37.3 Å². The van der Waals surface area contributed by atoms with E-state index in [-0.39, 0.29) is 17.7 Å². The van der Waals surface area contributed by atoms with Gasteiger partial charge >= 0.3 is 0 Å². The standard InChI is InChI=1S/C19H26N4O3/c1-12-5-21-16(6-20-12)7-22-18(24)4-14-10-26-11-15-8-23(9-17(14)15)19(25)13-2-3-13/h5-6,13-15,17H,2-4,7-11H2,1H3,(H,22,24)/t14-,15-,17+/m1/s1. The van der Waals surface area contributed by atoms with Gasteiger partial charge in [-0.25, -0.2) is 0 Å². The van der Waals surface area contributed by atoms with Gasteiger partial charge in [-0.05, 0) is 31.6 Å². The molecular formula is C19H26N4O3. The van der Waals surface area contributed by atoms with Crippen LogP contribution < -0.4 is 5.32 Å². The molecule has 1 aromatic heterocycles. The number of amides is 2. The fourth-order valence-corrected chi connectivity index (χ4v) is 4.09. The lowest BCUT2D eigenvalue weighted by molar-refractivity contribution is -0.131. The Morgan fingerprint density at radius 2 is 2.08 bits per heavy atom. The molecule has 26 heavy (non-hydrogen) atoms. The third-order valence-corrected chi connectivity index (χ3v) is 5.75. The Hall–Kier alpha value is -2.02. The van der Waals surface area contributed by atoms with Crippen LogP contribution in [-0.2, 0) is 20.9 Å². The zero-order chi connectivity index (χ0) is 18.1. The highest BCUT2D eigenvalue weighted by Gasteiger charge is 2.45. The summed E-state index contributed by atoms with van der Waals surface area (Å²) >= 11 is 0. The molecule has 4 rings (SSSR count). The predicted molar refractivity (Wildman–Crippen MR) is 93.8 cm³/mol. The average Bonchev–Trinajstić information content (AvgIpc) is 3.39. The molecule has 7 heteroatoms. The summed E-state index contributed by atoms with van der Waals surface area (Å²) in [5.41, 5.74) is 1.61. The summed E-state index contributed by atoms with van der Waals surface area (Å²) < 4.78 is 5.74.